The normalized spacial score (nSPS) is 17.3. The summed E-state index contributed by atoms with van der Waals surface area (Å²) in [6.07, 6.45) is 1.25. The molecule has 0 N–H and O–H groups in total. The van der Waals surface area contributed by atoms with Crippen LogP contribution < -0.4 is 10.2 Å². The third-order valence-electron chi connectivity index (χ3n) is 5.50. The first-order chi connectivity index (χ1) is 15.4. The molecular weight excluding hydrogens is 430 g/mol. The molecule has 1 fully saturated rings. The molecule has 7 nitrogen and oxygen atoms in total. The van der Waals surface area contributed by atoms with Crippen LogP contribution in [0.4, 0.5) is 0 Å². The molecule has 168 valence electrons. The first-order valence-electron chi connectivity index (χ1n) is 10.6. The van der Waals surface area contributed by atoms with E-state index in [0.717, 1.165) is 17.7 Å². The second-order valence-electron chi connectivity index (χ2n) is 7.95. The summed E-state index contributed by atoms with van der Waals surface area (Å²) in [7, 11) is -3.21. The number of ether oxygens (including phenoxy) is 1. The lowest BCUT2D eigenvalue weighted by molar-refractivity contribution is 0.0648. The fraction of sp³-hybridized carbons (Fsp3) is 0.333. The van der Waals surface area contributed by atoms with Crippen molar-refractivity contribution in [1.29, 1.82) is 0 Å². The summed E-state index contributed by atoms with van der Waals surface area (Å²) in [5.74, 6) is 0.0702. The van der Waals surface area contributed by atoms with E-state index in [4.69, 9.17) is 9.15 Å². The van der Waals surface area contributed by atoms with E-state index < -0.39 is 21.8 Å². The lowest BCUT2D eigenvalue weighted by Crippen LogP contribution is -2.40. The van der Waals surface area contributed by atoms with Crippen LogP contribution in [0.5, 0.6) is 5.75 Å². The average Bonchev–Trinajstić information content (AvgIpc) is 3.15. The highest BCUT2D eigenvalue weighted by atomic mass is 32.2. The predicted octanol–water partition coefficient (Wildman–Crippen LogP) is 3.41. The van der Waals surface area contributed by atoms with Gasteiger partial charge in [0.2, 0.25) is 0 Å². The molecule has 0 aliphatic carbocycles. The molecule has 0 radical (unpaired) electrons. The van der Waals surface area contributed by atoms with Gasteiger partial charge in [-0.1, -0.05) is 31.2 Å². The fourth-order valence-electron chi connectivity index (χ4n) is 3.85. The Morgan fingerprint density at radius 3 is 2.59 bits per heavy atom. The summed E-state index contributed by atoms with van der Waals surface area (Å²) >= 11 is 0. The van der Waals surface area contributed by atoms with Gasteiger partial charge in [-0.25, -0.2) is 8.42 Å². The number of sulfone groups is 1. The molecule has 4 rings (SSSR count). The lowest BCUT2D eigenvalue weighted by Gasteiger charge is -2.28. The van der Waals surface area contributed by atoms with Crippen LogP contribution in [0.1, 0.15) is 35.9 Å². The second kappa shape index (κ2) is 9.16. The van der Waals surface area contributed by atoms with Crippen molar-refractivity contribution in [2.45, 2.75) is 32.4 Å². The fourth-order valence-corrected chi connectivity index (χ4v) is 5.58. The molecule has 1 aromatic heterocycles. The van der Waals surface area contributed by atoms with Crippen LogP contribution in [0.15, 0.2) is 63.8 Å². The minimum absolute atomic E-state index is 0.0346. The molecular formula is C24H25NO6S. The zero-order valence-electron chi connectivity index (χ0n) is 17.8. The van der Waals surface area contributed by atoms with E-state index in [9.17, 15) is 18.0 Å². The molecule has 1 aliphatic heterocycles. The van der Waals surface area contributed by atoms with E-state index in [1.807, 2.05) is 31.2 Å². The number of hydrogen-bond donors (Lipinski definition) is 0. The van der Waals surface area contributed by atoms with Crippen LogP contribution in [0.3, 0.4) is 0 Å². The average molecular weight is 456 g/mol. The Morgan fingerprint density at radius 2 is 1.91 bits per heavy atom. The van der Waals surface area contributed by atoms with Gasteiger partial charge >= 0.3 is 0 Å². The van der Waals surface area contributed by atoms with Gasteiger partial charge in [0.1, 0.15) is 11.3 Å². The number of carbonyl (C=O) groups is 1. The van der Waals surface area contributed by atoms with Crippen LogP contribution in [-0.4, -0.2) is 43.4 Å². The lowest BCUT2D eigenvalue weighted by atomic mass is 10.1. The Balaban J connectivity index is 1.65. The molecule has 1 saturated heterocycles. The SMILES string of the molecule is CCCOc1ccc(CN(C(=O)c2cc(=O)c3ccccc3o2)[C@@H]2CCS(=O)(=O)C2)cc1. The molecule has 8 heteroatoms. The Labute approximate surface area is 186 Å². The van der Waals surface area contributed by atoms with E-state index in [1.165, 1.54) is 11.0 Å². The Bertz CT molecular complexity index is 1280. The van der Waals surface area contributed by atoms with Crippen LogP contribution in [-0.2, 0) is 16.4 Å². The van der Waals surface area contributed by atoms with Gasteiger partial charge in [0, 0.05) is 18.7 Å². The quantitative estimate of drug-likeness (QED) is 0.542. The third-order valence-corrected chi connectivity index (χ3v) is 7.25. The molecule has 1 aliphatic rings. The van der Waals surface area contributed by atoms with Gasteiger partial charge in [0.25, 0.3) is 5.91 Å². The zero-order valence-corrected chi connectivity index (χ0v) is 18.6. The van der Waals surface area contributed by atoms with Gasteiger partial charge < -0.3 is 14.1 Å². The summed E-state index contributed by atoms with van der Waals surface area (Å²) in [4.78, 5) is 27.4. The van der Waals surface area contributed by atoms with E-state index >= 15 is 0 Å². The van der Waals surface area contributed by atoms with Gasteiger partial charge in [-0.3, -0.25) is 9.59 Å². The van der Waals surface area contributed by atoms with Crippen LogP contribution in [0.25, 0.3) is 11.0 Å². The number of nitrogens with zero attached hydrogens (tertiary/aromatic N) is 1. The first-order valence-corrected chi connectivity index (χ1v) is 12.4. The van der Waals surface area contributed by atoms with Crippen molar-refractivity contribution in [3.8, 4) is 5.75 Å². The number of hydrogen-bond acceptors (Lipinski definition) is 6. The minimum Gasteiger partial charge on any atom is -0.494 e. The van der Waals surface area contributed by atoms with Crippen molar-refractivity contribution >= 4 is 26.7 Å². The highest BCUT2D eigenvalue weighted by molar-refractivity contribution is 7.91. The maximum atomic E-state index is 13.4. The predicted molar refractivity (Wildman–Crippen MR) is 122 cm³/mol. The molecule has 0 saturated carbocycles. The van der Waals surface area contributed by atoms with Gasteiger partial charge in [0.05, 0.1) is 23.5 Å². The topological polar surface area (TPSA) is 93.9 Å². The second-order valence-corrected chi connectivity index (χ2v) is 10.2. The highest BCUT2D eigenvalue weighted by Gasteiger charge is 2.36. The largest absolute Gasteiger partial charge is 0.494 e. The highest BCUT2D eigenvalue weighted by Crippen LogP contribution is 2.24. The number of rotatable bonds is 7. The van der Waals surface area contributed by atoms with Crippen molar-refractivity contribution in [3.05, 3.63) is 76.1 Å². The molecule has 0 unspecified atom stereocenters. The summed E-state index contributed by atoms with van der Waals surface area (Å²) in [5.41, 5.74) is 0.834. The molecule has 2 aromatic carbocycles. The number of carbonyl (C=O) groups excluding carboxylic acids is 1. The molecule has 0 bridgehead atoms. The minimum atomic E-state index is -3.21. The summed E-state index contributed by atoms with van der Waals surface area (Å²) in [5, 5.41) is 0.390. The number of fused-ring (bicyclic) bond motifs is 1. The molecule has 1 atom stereocenters. The molecule has 32 heavy (non-hydrogen) atoms. The van der Waals surface area contributed by atoms with Gasteiger partial charge in [-0.2, -0.15) is 0 Å². The molecule has 0 spiro atoms. The number of amides is 1. The van der Waals surface area contributed by atoms with E-state index in [-0.39, 0.29) is 29.2 Å². The van der Waals surface area contributed by atoms with E-state index in [2.05, 4.69) is 0 Å². The van der Waals surface area contributed by atoms with Gasteiger partial charge in [0.15, 0.2) is 21.0 Å². The standard InChI is InChI=1S/C24H25NO6S/c1-2-12-30-19-9-7-17(8-10-19)15-25(18-11-13-32(28,29)16-18)24(27)23-14-21(26)20-5-3-4-6-22(20)31-23/h3-10,14,18H,2,11-13,15-16H2,1H3/t18-/m1/s1. The maximum absolute atomic E-state index is 13.4. The van der Waals surface area contributed by atoms with Crippen LogP contribution >= 0.6 is 0 Å². The molecule has 1 amide bonds. The monoisotopic (exact) mass is 455 g/mol. The van der Waals surface area contributed by atoms with Crippen LogP contribution in [0, 0.1) is 0 Å². The molecule has 2 heterocycles. The van der Waals surface area contributed by atoms with Crippen molar-refractivity contribution < 1.29 is 22.4 Å². The summed E-state index contributed by atoms with van der Waals surface area (Å²) in [6.45, 7) is 2.84. The third kappa shape index (κ3) is 4.85. The number of benzene rings is 2. The van der Waals surface area contributed by atoms with Crippen molar-refractivity contribution in [1.82, 2.24) is 4.90 Å². The smallest absolute Gasteiger partial charge is 0.290 e. The van der Waals surface area contributed by atoms with E-state index in [1.54, 1.807) is 24.3 Å². The van der Waals surface area contributed by atoms with Gasteiger partial charge in [-0.05, 0) is 42.7 Å². The Hall–Kier alpha value is -3.13. The zero-order chi connectivity index (χ0) is 22.7. The van der Waals surface area contributed by atoms with Crippen molar-refractivity contribution in [2.24, 2.45) is 0 Å². The Kier molecular flexibility index (Phi) is 6.32. The summed E-state index contributed by atoms with van der Waals surface area (Å²) < 4.78 is 35.5. The number of para-hydroxylation sites is 1. The summed E-state index contributed by atoms with van der Waals surface area (Å²) in [6, 6.07) is 14.8. The van der Waals surface area contributed by atoms with Crippen LogP contribution in [0.2, 0.25) is 0 Å². The Morgan fingerprint density at radius 1 is 1.16 bits per heavy atom. The van der Waals surface area contributed by atoms with Crippen molar-refractivity contribution in [3.63, 3.8) is 0 Å². The van der Waals surface area contributed by atoms with Gasteiger partial charge in [-0.15, -0.1) is 0 Å². The van der Waals surface area contributed by atoms with Crippen molar-refractivity contribution in [2.75, 3.05) is 18.1 Å². The maximum Gasteiger partial charge on any atom is 0.290 e. The first kappa shape index (κ1) is 22.1. The molecule has 3 aromatic rings. The van der Waals surface area contributed by atoms with E-state index in [0.29, 0.717) is 24.0 Å².